The van der Waals surface area contributed by atoms with Gasteiger partial charge in [-0.15, -0.1) is 0 Å². The third kappa shape index (κ3) is 3.01. The molecular formula is C18H15F2N3O3. The number of aromatic carboxylic acids is 1. The normalized spacial score (nSPS) is 12.2. The van der Waals surface area contributed by atoms with Gasteiger partial charge in [0, 0.05) is 23.6 Å². The second kappa shape index (κ2) is 6.55. The molecule has 2 aromatic carbocycles. The van der Waals surface area contributed by atoms with Gasteiger partial charge in [0.2, 0.25) is 0 Å². The third-order valence-corrected chi connectivity index (χ3v) is 4.32. The summed E-state index contributed by atoms with van der Waals surface area (Å²) in [6, 6.07) is 6.81. The first kappa shape index (κ1) is 17.5. The second-order valence-electron chi connectivity index (χ2n) is 5.90. The number of fused-ring (bicyclic) bond motifs is 1. The Kier molecular flexibility index (Phi) is 4.41. The van der Waals surface area contributed by atoms with Gasteiger partial charge < -0.3 is 10.0 Å². The van der Waals surface area contributed by atoms with Crippen LogP contribution in [0.4, 0.5) is 8.78 Å². The predicted octanol–water partition coefficient (Wildman–Crippen LogP) is 3.37. The number of benzene rings is 2. The highest BCUT2D eigenvalue weighted by Gasteiger charge is 2.23. The lowest BCUT2D eigenvalue weighted by Crippen LogP contribution is -2.30. The number of hydrogen-bond acceptors (Lipinski definition) is 3. The molecule has 0 fully saturated rings. The summed E-state index contributed by atoms with van der Waals surface area (Å²) in [5.41, 5.74) is 0.552. The topological polar surface area (TPSA) is 86.3 Å². The van der Waals surface area contributed by atoms with Crippen molar-refractivity contribution in [2.45, 2.75) is 13.0 Å². The fourth-order valence-corrected chi connectivity index (χ4v) is 2.73. The number of aromatic nitrogens is 2. The van der Waals surface area contributed by atoms with Crippen LogP contribution in [0.5, 0.6) is 0 Å². The van der Waals surface area contributed by atoms with E-state index >= 15 is 0 Å². The monoisotopic (exact) mass is 359 g/mol. The summed E-state index contributed by atoms with van der Waals surface area (Å²) >= 11 is 0. The van der Waals surface area contributed by atoms with E-state index in [9.17, 15) is 18.4 Å². The number of carboxylic acids is 1. The highest BCUT2D eigenvalue weighted by atomic mass is 19.1. The van der Waals surface area contributed by atoms with Gasteiger partial charge in [-0.25, -0.2) is 13.6 Å². The summed E-state index contributed by atoms with van der Waals surface area (Å²) in [6.45, 7) is 1.58. The predicted molar refractivity (Wildman–Crippen MR) is 89.9 cm³/mol. The lowest BCUT2D eigenvalue weighted by molar-refractivity contribution is 0.0690. The van der Waals surface area contributed by atoms with Crippen LogP contribution in [0, 0.1) is 11.6 Å². The minimum Gasteiger partial charge on any atom is -0.476 e. The number of carboxylic acid groups (broad SMARTS) is 1. The number of nitrogens with zero attached hydrogens (tertiary/aromatic N) is 2. The van der Waals surface area contributed by atoms with Gasteiger partial charge in [-0.3, -0.25) is 9.89 Å². The Morgan fingerprint density at radius 3 is 2.62 bits per heavy atom. The Hall–Kier alpha value is -3.29. The Balaban J connectivity index is 1.95. The summed E-state index contributed by atoms with van der Waals surface area (Å²) < 4.78 is 27.4. The molecule has 0 spiro atoms. The van der Waals surface area contributed by atoms with Gasteiger partial charge in [0.25, 0.3) is 5.91 Å². The molecule has 1 aromatic heterocycles. The molecule has 1 heterocycles. The smallest absolute Gasteiger partial charge is 0.357 e. The van der Waals surface area contributed by atoms with Crippen molar-refractivity contribution in [2.24, 2.45) is 0 Å². The SMILES string of the molecule is CC(c1cc(F)ccc1F)N(C)C(=O)c1ccc2[nH]nc(C(=O)O)c2c1. The van der Waals surface area contributed by atoms with E-state index in [0.29, 0.717) is 10.9 Å². The number of amides is 1. The molecule has 0 aliphatic heterocycles. The average Bonchev–Trinajstić information content (AvgIpc) is 3.05. The molecule has 0 saturated carbocycles. The summed E-state index contributed by atoms with van der Waals surface area (Å²) in [5.74, 6) is -2.89. The van der Waals surface area contributed by atoms with Crippen LogP contribution in [0.15, 0.2) is 36.4 Å². The van der Waals surface area contributed by atoms with E-state index in [1.807, 2.05) is 0 Å². The molecule has 1 amide bonds. The van der Waals surface area contributed by atoms with Crippen molar-refractivity contribution in [1.82, 2.24) is 15.1 Å². The number of hydrogen-bond donors (Lipinski definition) is 2. The van der Waals surface area contributed by atoms with Gasteiger partial charge in [-0.05, 0) is 43.3 Å². The highest BCUT2D eigenvalue weighted by Crippen LogP contribution is 2.25. The summed E-state index contributed by atoms with van der Waals surface area (Å²) in [4.78, 5) is 25.2. The van der Waals surface area contributed by atoms with Crippen LogP contribution >= 0.6 is 0 Å². The van der Waals surface area contributed by atoms with Crippen LogP contribution < -0.4 is 0 Å². The Morgan fingerprint density at radius 1 is 1.19 bits per heavy atom. The van der Waals surface area contributed by atoms with E-state index in [1.165, 1.54) is 24.1 Å². The first-order valence-electron chi connectivity index (χ1n) is 7.73. The van der Waals surface area contributed by atoms with E-state index in [4.69, 9.17) is 5.11 Å². The summed E-state index contributed by atoms with van der Waals surface area (Å²) in [5, 5.41) is 15.7. The van der Waals surface area contributed by atoms with Gasteiger partial charge in [0.15, 0.2) is 5.69 Å². The van der Waals surface area contributed by atoms with Crippen LogP contribution in [0.1, 0.15) is 39.4 Å². The number of carbonyl (C=O) groups is 2. The first-order valence-corrected chi connectivity index (χ1v) is 7.73. The Labute approximate surface area is 147 Å². The van der Waals surface area contributed by atoms with Gasteiger partial charge >= 0.3 is 5.97 Å². The average molecular weight is 359 g/mol. The van der Waals surface area contributed by atoms with Gasteiger partial charge in [0.1, 0.15) is 11.6 Å². The molecule has 0 aliphatic carbocycles. The van der Waals surface area contributed by atoms with Crippen molar-refractivity contribution in [2.75, 3.05) is 7.05 Å². The summed E-state index contributed by atoms with van der Waals surface area (Å²) in [7, 11) is 1.47. The third-order valence-electron chi connectivity index (χ3n) is 4.32. The number of nitrogens with one attached hydrogen (secondary N) is 1. The van der Waals surface area contributed by atoms with Crippen LogP contribution in [0.2, 0.25) is 0 Å². The fourth-order valence-electron chi connectivity index (χ4n) is 2.73. The minimum atomic E-state index is -1.22. The van der Waals surface area contributed by atoms with Crippen molar-refractivity contribution < 1.29 is 23.5 Å². The molecule has 1 unspecified atom stereocenters. The molecule has 2 N–H and O–H groups in total. The number of aromatic amines is 1. The van der Waals surface area contributed by atoms with Gasteiger partial charge in [-0.1, -0.05) is 0 Å². The van der Waals surface area contributed by atoms with Crippen molar-refractivity contribution in [3.05, 3.63) is 64.9 Å². The Bertz CT molecular complexity index is 1020. The van der Waals surface area contributed by atoms with E-state index in [2.05, 4.69) is 10.2 Å². The molecule has 0 aliphatic rings. The summed E-state index contributed by atoms with van der Waals surface area (Å²) in [6.07, 6.45) is 0. The number of rotatable bonds is 4. The molecule has 26 heavy (non-hydrogen) atoms. The van der Waals surface area contributed by atoms with Crippen LogP contribution in [-0.2, 0) is 0 Å². The van der Waals surface area contributed by atoms with Gasteiger partial charge in [-0.2, -0.15) is 5.10 Å². The van der Waals surface area contributed by atoms with Crippen molar-refractivity contribution in [3.63, 3.8) is 0 Å². The molecular weight excluding hydrogens is 344 g/mol. The zero-order valence-corrected chi connectivity index (χ0v) is 14.0. The zero-order chi connectivity index (χ0) is 19.0. The largest absolute Gasteiger partial charge is 0.476 e. The molecule has 8 heteroatoms. The second-order valence-corrected chi connectivity index (χ2v) is 5.90. The first-order chi connectivity index (χ1) is 12.3. The van der Waals surface area contributed by atoms with Gasteiger partial charge in [0.05, 0.1) is 11.6 Å². The quantitative estimate of drug-likeness (QED) is 0.748. The maximum Gasteiger partial charge on any atom is 0.357 e. The lowest BCUT2D eigenvalue weighted by Gasteiger charge is -2.26. The Morgan fingerprint density at radius 2 is 1.92 bits per heavy atom. The molecule has 3 aromatic rings. The molecule has 134 valence electrons. The van der Waals surface area contributed by atoms with E-state index in [1.54, 1.807) is 13.0 Å². The standard InChI is InChI=1S/C18H15F2N3O3/c1-9(12-8-11(19)4-5-14(12)20)23(2)17(24)10-3-6-15-13(7-10)16(18(25)26)22-21-15/h3-9H,1-2H3,(H,21,22)(H,25,26). The molecule has 3 rings (SSSR count). The maximum absolute atomic E-state index is 14.0. The highest BCUT2D eigenvalue weighted by molar-refractivity contribution is 6.04. The molecule has 0 radical (unpaired) electrons. The minimum absolute atomic E-state index is 0.0523. The van der Waals surface area contributed by atoms with Crippen molar-refractivity contribution in [3.8, 4) is 0 Å². The number of halogens is 2. The lowest BCUT2D eigenvalue weighted by atomic mass is 10.0. The zero-order valence-electron chi connectivity index (χ0n) is 14.0. The van der Waals surface area contributed by atoms with Crippen molar-refractivity contribution >= 4 is 22.8 Å². The molecule has 0 saturated heterocycles. The fraction of sp³-hybridized carbons (Fsp3) is 0.167. The van der Waals surface area contributed by atoms with Crippen LogP contribution in [0.3, 0.4) is 0 Å². The maximum atomic E-state index is 14.0. The molecule has 6 nitrogen and oxygen atoms in total. The molecule has 1 atom stereocenters. The van der Waals surface area contributed by atoms with Crippen molar-refractivity contribution in [1.29, 1.82) is 0 Å². The van der Waals surface area contributed by atoms with E-state index < -0.39 is 29.6 Å². The molecule has 0 bridgehead atoms. The van der Waals surface area contributed by atoms with E-state index in [0.717, 1.165) is 18.2 Å². The number of H-pyrrole nitrogens is 1. The van der Waals surface area contributed by atoms with Crippen LogP contribution in [-0.4, -0.2) is 39.1 Å². The van der Waals surface area contributed by atoms with Crippen LogP contribution in [0.25, 0.3) is 10.9 Å². The van der Waals surface area contributed by atoms with E-state index in [-0.39, 0.29) is 16.8 Å². The number of carbonyl (C=O) groups excluding carboxylic acids is 1.